The van der Waals surface area contributed by atoms with Crippen molar-refractivity contribution in [1.29, 1.82) is 0 Å². The topological polar surface area (TPSA) is 58.2 Å². The summed E-state index contributed by atoms with van der Waals surface area (Å²) >= 11 is 0. The molecule has 4 heteroatoms. The molecule has 0 radical (unpaired) electrons. The number of hydrogen-bond acceptors (Lipinski definition) is 2. The zero-order valence-electron chi connectivity index (χ0n) is 14.4. The van der Waals surface area contributed by atoms with Gasteiger partial charge in [-0.05, 0) is 41.7 Å². The molecule has 24 heavy (non-hydrogen) atoms. The van der Waals surface area contributed by atoms with Crippen LogP contribution in [0.3, 0.4) is 0 Å². The summed E-state index contributed by atoms with van der Waals surface area (Å²) in [5, 5.41) is 5.72. The highest BCUT2D eigenvalue weighted by Crippen LogP contribution is 2.26. The van der Waals surface area contributed by atoms with Crippen molar-refractivity contribution in [1.82, 2.24) is 0 Å². The van der Waals surface area contributed by atoms with Gasteiger partial charge in [-0.3, -0.25) is 9.59 Å². The van der Waals surface area contributed by atoms with Gasteiger partial charge in [-0.15, -0.1) is 0 Å². The minimum atomic E-state index is -0.109. The number of rotatable bonds is 6. The van der Waals surface area contributed by atoms with E-state index in [-0.39, 0.29) is 11.8 Å². The fourth-order valence-corrected chi connectivity index (χ4v) is 2.55. The zero-order chi connectivity index (χ0) is 17.5. The van der Waals surface area contributed by atoms with E-state index in [1.165, 1.54) is 6.92 Å². The molecule has 0 aliphatic rings. The van der Waals surface area contributed by atoms with Crippen LogP contribution in [0, 0.1) is 0 Å². The van der Waals surface area contributed by atoms with Gasteiger partial charge in [0.2, 0.25) is 11.8 Å². The predicted octanol–water partition coefficient (Wildman–Crippen LogP) is 4.34. The quantitative estimate of drug-likeness (QED) is 0.830. The van der Waals surface area contributed by atoms with Crippen molar-refractivity contribution < 1.29 is 9.59 Å². The van der Waals surface area contributed by atoms with Crippen LogP contribution in [0.4, 0.5) is 11.4 Å². The third kappa shape index (κ3) is 4.95. The van der Waals surface area contributed by atoms with E-state index in [1.807, 2.05) is 30.3 Å². The standard InChI is InChI=1S/C20H24N2O2/c1-4-14(2)18-7-5-6-8-19(18)22-20(24)13-16-9-11-17(12-10-16)21-15(3)23/h5-12,14H,4,13H2,1-3H3,(H,21,23)(H,22,24). The normalized spacial score (nSPS) is 11.6. The Labute approximate surface area is 143 Å². The van der Waals surface area contributed by atoms with Gasteiger partial charge < -0.3 is 10.6 Å². The number of benzene rings is 2. The lowest BCUT2D eigenvalue weighted by Gasteiger charge is -2.15. The van der Waals surface area contributed by atoms with Gasteiger partial charge in [0.1, 0.15) is 0 Å². The van der Waals surface area contributed by atoms with Gasteiger partial charge in [0.15, 0.2) is 0 Å². The molecule has 2 aromatic rings. The van der Waals surface area contributed by atoms with Crippen molar-refractivity contribution >= 4 is 23.2 Å². The van der Waals surface area contributed by atoms with Crippen LogP contribution in [-0.2, 0) is 16.0 Å². The Kier molecular flexibility index (Phi) is 6.13. The Hall–Kier alpha value is -2.62. The first-order valence-corrected chi connectivity index (χ1v) is 8.25. The second-order valence-corrected chi connectivity index (χ2v) is 6.00. The lowest BCUT2D eigenvalue weighted by atomic mass is 9.97. The average molecular weight is 324 g/mol. The number of carbonyl (C=O) groups is 2. The Bertz CT molecular complexity index is 708. The maximum atomic E-state index is 12.3. The summed E-state index contributed by atoms with van der Waals surface area (Å²) < 4.78 is 0. The van der Waals surface area contributed by atoms with E-state index in [1.54, 1.807) is 12.1 Å². The van der Waals surface area contributed by atoms with E-state index in [0.717, 1.165) is 28.9 Å². The Morgan fingerprint density at radius 3 is 2.29 bits per heavy atom. The van der Waals surface area contributed by atoms with Gasteiger partial charge in [0.25, 0.3) is 0 Å². The van der Waals surface area contributed by atoms with Gasteiger partial charge in [0, 0.05) is 18.3 Å². The van der Waals surface area contributed by atoms with Gasteiger partial charge >= 0.3 is 0 Å². The Morgan fingerprint density at radius 2 is 1.67 bits per heavy atom. The second-order valence-electron chi connectivity index (χ2n) is 6.00. The Balaban J connectivity index is 2.02. The molecule has 0 heterocycles. The molecular weight excluding hydrogens is 300 g/mol. The molecule has 1 unspecified atom stereocenters. The van der Waals surface area contributed by atoms with E-state index in [2.05, 4.69) is 30.5 Å². The second kappa shape index (κ2) is 8.29. The fourth-order valence-electron chi connectivity index (χ4n) is 2.55. The van der Waals surface area contributed by atoms with Crippen molar-refractivity contribution in [3.63, 3.8) is 0 Å². The summed E-state index contributed by atoms with van der Waals surface area (Å²) in [6, 6.07) is 15.2. The van der Waals surface area contributed by atoms with E-state index in [9.17, 15) is 9.59 Å². The summed E-state index contributed by atoms with van der Waals surface area (Å²) in [6.07, 6.45) is 1.33. The molecule has 1 atom stereocenters. The summed E-state index contributed by atoms with van der Waals surface area (Å²) in [7, 11) is 0. The lowest BCUT2D eigenvalue weighted by molar-refractivity contribution is -0.116. The van der Waals surface area contributed by atoms with Crippen LogP contribution in [0.25, 0.3) is 0 Å². The summed E-state index contributed by atoms with van der Waals surface area (Å²) in [6.45, 7) is 5.77. The Morgan fingerprint density at radius 1 is 1.00 bits per heavy atom. The van der Waals surface area contributed by atoms with Crippen LogP contribution in [0.5, 0.6) is 0 Å². The molecule has 0 bridgehead atoms. The fraction of sp³-hybridized carbons (Fsp3) is 0.300. The van der Waals surface area contributed by atoms with Crippen molar-refractivity contribution in [2.45, 2.75) is 39.5 Å². The van der Waals surface area contributed by atoms with Gasteiger partial charge in [-0.25, -0.2) is 0 Å². The highest BCUT2D eigenvalue weighted by atomic mass is 16.2. The van der Waals surface area contributed by atoms with Crippen molar-refractivity contribution in [3.8, 4) is 0 Å². The van der Waals surface area contributed by atoms with Gasteiger partial charge in [0.05, 0.1) is 6.42 Å². The van der Waals surface area contributed by atoms with Crippen LogP contribution in [0.1, 0.15) is 44.2 Å². The molecule has 0 aromatic heterocycles. The minimum absolute atomic E-state index is 0.0435. The largest absolute Gasteiger partial charge is 0.326 e. The van der Waals surface area contributed by atoms with E-state index >= 15 is 0 Å². The van der Waals surface area contributed by atoms with Crippen LogP contribution in [0.15, 0.2) is 48.5 Å². The van der Waals surface area contributed by atoms with E-state index in [0.29, 0.717) is 12.3 Å². The predicted molar refractivity (Wildman–Crippen MR) is 98.2 cm³/mol. The van der Waals surface area contributed by atoms with Gasteiger partial charge in [-0.2, -0.15) is 0 Å². The highest BCUT2D eigenvalue weighted by Gasteiger charge is 2.11. The SMILES string of the molecule is CCC(C)c1ccccc1NC(=O)Cc1ccc(NC(C)=O)cc1. The summed E-state index contributed by atoms with van der Waals surface area (Å²) in [4.78, 5) is 23.3. The molecule has 0 aliphatic carbocycles. The number of amides is 2. The number of hydrogen-bond donors (Lipinski definition) is 2. The molecule has 4 nitrogen and oxygen atoms in total. The molecule has 0 aliphatic heterocycles. The first kappa shape index (κ1) is 17.7. The first-order valence-electron chi connectivity index (χ1n) is 8.25. The molecule has 0 spiro atoms. The number of nitrogens with one attached hydrogen (secondary N) is 2. The number of anilines is 2. The average Bonchev–Trinajstić information content (AvgIpc) is 2.56. The number of carbonyl (C=O) groups excluding carboxylic acids is 2. The zero-order valence-corrected chi connectivity index (χ0v) is 14.4. The van der Waals surface area contributed by atoms with Crippen molar-refractivity contribution in [3.05, 3.63) is 59.7 Å². The molecule has 126 valence electrons. The van der Waals surface area contributed by atoms with Crippen LogP contribution in [-0.4, -0.2) is 11.8 Å². The van der Waals surface area contributed by atoms with Gasteiger partial charge in [-0.1, -0.05) is 44.2 Å². The van der Waals surface area contributed by atoms with E-state index in [4.69, 9.17) is 0 Å². The minimum Gasteiger partial charge on any atom is -0.326 e. The summed E-state index contributed by atoms with van der Waals surface area (Å²) in [5.41, 5.74) is 3.68. The molecule has 2 amide bonds. The van der Waals surface area contributed by atoms with Crippen molar-refractivity contribution in [2.24, 2.45) is 0 Å². The molecule has 2 rings (SSSR count). The molecule has 0 fully saturated rings. The van der Waals surface area contributed by atoms with Crippen LogP contribution in [0.2, 0.25) is 0 Å². The lowest BCUT2D eigenvalue weighted by Crippen LogP contribution is -2.16. The third-order valence-corrected chi connectivity index (χ3v) is 4.02. The van der Waals surface area contributed by atoms with Crippen molar-refractivity contribution in [2.75, 3.05) is 10.6 Å². The molecule has 2 N–H and O–H groups in total. The maximum Gasteiger partial charge on any atom is 0.228 e. The molecule has 2 aromatic carbocycles. The molecular formula is C20H24N2O2. The summed E-state index contributed by atoms with van der Waals surface area (Å²) in [5.74, 6) is 0.249. The third-order valence-electron chi connectivity index (χ3n) is 4.02. The smallest absolute Gasteiger partial charge is 0.228 e. The van der Waals surface area contributed by atoms with Crippen LogP contribution < -0.4 is 10.6 Å². The number of para-hydroxylation sites is 1. The molecule has 0 saturated carbocycles. The maximum absolute atomic E-state index is 12.3. The monoisotopic (exact) mass is 324 g/mol. The molecule has 0 saturated heterocycles. The highest BCUT2D eigenvalue weighted by molar-refractivity contribution is 5.93. The van der Waals surface area contributed by atoms with E-state index < -0.39 is 0 Å². The first-order chi connectivity index (χ1) is 11.5. The van der Waals surface area contributed by atoms with Crippen LogP contribution >= 0.6 is 0 Å².